The van der Waals surface area contributed by atoms with Crippen molar-refractivity contribution >= 4 is 50.6 Å². The van der Waals surface area contributed by atoms with Crippen LogP contribution in [0.5, 0.6) is 0 Å². The fourth-order valence-corrected chi connectivity index (χ4v) is 11.1. The SMILES string of the molecule is Cc1cccc(-n2c3ccccc3c3cc([Si](c4ccccc4)(c4ccccc4)c4ccccc4)ccc32)c1. The minimum Gasteiger partial charge on any atom is -0.309 e. The van der Waals surface area contributed by atoms with E-state index >= 15 is 0 Å². The zero-order valence-electron chi connectivity index (χ0n) is 22.0. The standard InChI is InChI=1S/C37H29NSi/c1-28-14-13-15-29(26-28)38-36-23-12-11-22-34(36)35-27-33(24-25-37(35)38)39(30-16-5-2-6-17-30,31-18-7-3-8-19-31)32-20-9-4-10-21-32/h2-27H,1H3. The number of rotatable bonds is 5. The quantitative estimate of drug-likeness (QED) is 0.183. The Hall–Kier alpha value is -4.66. The third kappa shape index (κ3) is 3.76. The van der Waals surface area contributed by atoms with Crippen molar-refractivity contribution in [3.05, 3.63) is 163 Å². The van der Waals surface area contributed by atoms with Gasteiger partial charge >= 0.3 is 0 Å². The largest absolute Gasteiger partial charge is 0.309 e. The first-order valence-corrected chi connectivity index (χ1v) is 15.5. The molecule has 186 valence electrons. The molecule has 0 unspecified atom stereocenters. The Kier molecular flexibility index (Phi) is 5.76. The zero-order valence-corrected chi connectivity index (χ0v) is 23.0. The summed E-state index contributed by atoms with van der Waals surface area (Å²) in [6.45, 7) is 2.16. The van der Waals surface area contributed by atoms with Crippen LogP contribution in [0.15, 0.2) is 158 Å². The van der Waals surface area contributed by atoms with Crippen LogP contribution < -0.4 is 20.7 Å². The number of aromatic nitrogens is 1. The summed E-state index contributed by atoms with van der Waals surface area (Å²) in [5.41, 5.74) is 4.94. The first-order chi connectivity index (χ1) is 19.3. The Morgan fingerprint density at radius 3 is 1.54 bits per heavy atom. The molecule has 0 aliphatic heterocycles. The van der Waals surface area contributed by atoms with Gasteiger partial charge in [-0.1, -0.05) is 133 Å². The molecule has 0 fully saturated rings. The van der Waals surface area contributed by atoms with Gasteiger partial charge in [-0.25, -0.2) is 0 Å². The minimum absolute atomic E-state index is 1.20. The van der Waals surface area contributed by atoms with Gasteiger partial charge in [0.2, 0.25) is 0 Å². The van der Waals surface area contributed by atoms with Gasteiger partial charge in [0.05, 0.1) is 11.0 Å². The lowest BCUT2D eigenvalue weighted by molar-refractivity contribution is 1.17. The molecule has 1 aromatic heterocycles. The highest BCUT2D eigenvalue weighted by Gasteiger charge is 2.41. The van der Waals surface area contributed by atoms with Gasteiger partial charge < -0.3 is 4.57 Å². The summed E-state index contributed by atoms with van der Waals surface area (Å²) < 4.78 is 2.41. The summed E-state index contributed by atoms with van der Waals surface area (Å²) in [6, 6.07) is 58.3. The highest BCUT2D eigenvalue weighted by atomic mass is 28.3. The summed E-state index contributed by atoms with van der Waals surface area (Å²) in [5, 5.41) is 8.15. The van der Waals surface area contributed by atoms with Crippen molar-refractivity contribution in [2.24, 2.45) is 0 Å². The van der Waals surface area contributed by atoms with Crippen LogP contribution in [0.25, 0.3) is 27.5 Å². The molecular weight excluding hydrogens is 487 g/mol. The summed E-state index contributed by atoms with van der Waals surface area (Å²) in [7, 11) is -2.59. The smallest absolute Gasteiger partial charge is 0.179 e. The van der Waals surface area contributed by atoms with Crippen molar-refractivity contribution in [1.29, 1.82) is 0 Å². The van der Waals surface area contributed by atoms with E-state index in [4.69, 9.17) is 0 Å². The van der Waals surface area contributed by atoms with Gasteiger partial charge in [0.1, 0.15) is 0 Å². The van der Waals surface area contributed by atoms with Gasteiger partial charge in [0.15, 0.2) is 8.07 Å². The molecule has 7 rings (SSSR count). The Morgan fingerprint density at radius 1 is 0.410 bits per heavy atom. The molecule has 0 saturated carbocycles. The lowest BCUT2D eigenvalue weighted by Gasteiger charge is -2.34. The number of hydrogen-bond acceptors (Lipinski definition) is 0. The predicted octanol–water partition coefficient (Wildman–Crippen LogP) is 6.47. The molecule has 7 aromatic rings. The molecule has 0 N–H and O–H groups in total. The van der Waals surface area contributed by atoms with Crippen molar-refractivity contribution in [1.82, 2.24) is 4.57 Å². The minimum atomic E-state index is -2.59. The zero-order chi connectivity index (χ0) is 26.2. The van der Waals surface area contributed by atoms with Crippen LogP contribution in [0.3, 0.4) is 0 Å². The normalized spacial score (nSPS) is 11.7. The van der Waals surface area contributed by atoms with Crippen LogP contribution in [0.4, 0.5) is 0 Å². The van der Waals surface area contributed by atoms with Crippen LogP contribution in [0.2, 0.25) is 0 Å². The number of nitrogens with zero attached hydrogens (tertiary/aromatic N) is 1. The molecule has 0 bridgehead atoms. The molecule has 0 saturated heterocycles. The van der Waals surface area contributed by atoms with Gasteiger partial charge in [-0.2, -0.15) is 0 Å². The maximum Gasteiger partial charge on any atom is 0.179 e. The van der Waals surface area contributed by atoms with Gasteiger partial charge in [-0.15, -0.1) is 0 Å². The fourth-order valence-electron chi connectivity index (χ4n) is 6.32. The van der Waals surface area contributed by atoms with E-state index in [2.05, 4.69) is 169 Å². The lowest BCUT2D eigenvalue weighted by atomic mass is 10.1. The third-order valence-electron chi connectivity index (χ3n) is 7.99. The Bertz CT molecular complexity index is 1810. The Morgan fingerprint density at radius 2 is 0.949 bits per heavy atom. The second-order valence-electron chi connectivity index (χ2n) is 10.3. The fraction of sp³-hybridized carbons (Fsp3) is 0.0270. The van der Waals surface area contributed by atoms with E-state index in [1.807, 2.05) is 0 Å². The summed E-state index contributed by atoms with van der Waals surface area (Å²) >= 11 is 0. The summed E-state index contributed by atoms with van der Waals surface area (Å²) in [4.78, 5) is 0. The first-order valence-electron chi connectivity index (χ1n) is 13.5. The van der Waals surface area contributed by atoms with E-state index in [0.717, 1.165) is 0 Å². The highest BCUT2D eigenvalue weighted by Crippen LogP contribution is 2.32. The monoisotopic (exact) mass is 515 g/mol. The molecule has 39 heavy (non-hydrogen) atoms. The average molecular weight is 516 g/mol. The van der Waals surface area contributed by atoms with Gasteiger partial charge in [0.25, 0.3) is 0 Å². The number of hydrogen-bond donors (Lipinski definition) is 0. The Labute approximate surface area is 230 Å². The van der Waals surface area contributed by atoms with Crippen molar-refractivity contribution < 1.29 is 0 Å². The molecule has 0 aliphatic carbocycles. The predicted molar refractivity (Wildman–Crippen MR) is 169 cm³/mol. The maximum atomic E-state index is 2.49. The van der Waals surface area contributed by atoms with Crippen molar-refractivity contribution in [3.8, 4) is 5.69 Å². The molecule has 0 radical (unpaired) electrons. The molecule has 6 aromatic carbocycles. The molecule has 0 amide bonds. The summed E-state index contributed by atoms with van der Waals surface area (Å²) in [6.07, 6.45) is 0. The molecule has 0 aliphatic rings. The van der Waals surface area contributed by atoms with E-state index < -0.39 is 8.07 Å². The van der Waals surface area contributed by atoms with Crippen molar-refractivity contribution in [2.75, 3.05) is 0 Å². The maximum absolute atomic E-state index is 2.59. The number of benzene rings is 6. The van der Waals surface area contributed by atoms with E-state index in [1.54, 1.807) is 0 Å². The van der Waals surface area contributed by atoms with Crippen molar-refractivity contribution in [3.63, 3.8) is 0 Å². The van der Waals surface area contributed by atoms with Crippen LogP contribution >= 0.6 is 0 Å². The molecule has 2 heteroatoms. The number of aryl methyl sites for hydroxylation is 1. The molecule has 0 spiro atoms. The van der Waals surface area contributed by atoms with E-state index in [1.165, 1.54) is 53.8 Å². The molecule has 0 atom stereocenters. The van der Waals surface area contributed by atoms with E-state index in [9.17, 15) is 0 Å². The van der Waals surface area contributed by atoms with E-state index in [-0.39, 0.29) is 0 Å². The third-order valence-corrected chi connectivity index (χ3v) is 12.8. The lowest BCUT2D eigenvalue weighted by Crippen LogP contribution is -2.74. The number of fused-ring (bicyclic) bond motifs is 3. The average Bonchev–Trinajstić information content (AvgIpc) is 3.33. The van der Waals surface area contributed by atoms with Crippen LogP contribution in [-0.2, 0) is 0 Å². The van der Waals surface area contributed by atoms with E-state index in [0.29, 0.717) is 0 Å². The van der Waals surface area contributed by atoms with Crippen molar-refractivity contribution in [2.45, 2.75) is 6.92 Å². The summed E-state index contributed by atoms with van der Waals surface area (Å²) in [5.74, 6) is 0. The van der Waals surface area contributed by atoms with Crippen LogP contribution in [0, 0.1) is 6.92 Å². The molecule has 1 heterocycles. The van der Waals surface area contributed by atoms with Crippen LogP contribution in [0.1, 0.15) is 5.56 Å². The topological polar surface area (TPSA) is 4.93 Å². The van der Waals surface area contributed by atoms with Gasteiger partial charge in [-0.3, -0.25) is 0 Å². The molecular formula is C37H29NSi. The second kappa shape index (κ2) is 9.58. The van der Waals surface area contributed by atoms with Gasteiger partial charge in [-0.05, 0) is 57.5 Å². The molecule has 1 nitrogen and oxygen atoms in total. The number of para-hydroxylation sites is 1. The Balaban J connectivity index is 1.60. The van der Waals surface area contributed by atoms with Gasteiger partial charge in [0, 0.05) is 16.5 Å². The first kappa shape index (κ1) is 23.5. The second-order valence-corrected chi connectivity index (χ2v) is 14.1. The highest BCUT2D eigenvalue weighted by molar-refractivity contribution is 7.20. The van der Waals surface area contributed by atoms with Crippen LogP contribution in [-0.4, -0.2) is 12.6 Å².